The zero-order valence-corrected chi connectivity index (χ0v) is 8.60. The Labute approximate surface area is 91.5 Å². The number of nitrogens with one attached hydrogen (secondary N) is 1. The Kier molecular flexibility index (Phi) is 2.55. The molecule has 0 saturated carbocycles. The lowest BCUT2D eigenvalue weighted by Crippen LogP contribution is -2.14. The number of aryl methyl sites for hydroxylation is 1. The van der Waals surface area contributed by atoms with Gasteiger partial charge in [-0.3, -0.25) is 4.79 Å². The maximum absolute atomic E-state index is 11.6. The normalized spacial score (nSPS) is 10.1. The topological polar surface area (TPSA) is 94.0 Å². The minimum Gasteiger partial charge on any atom is -0.397 e. The number of benzene rings is 1. The van der Waals surface area contributed by atoms with E-state index in [4.69, 9.17) is 10.3 Å². The van der Waals surface area contributed by atoms with E-state index in [1.54, 1.807) is 31.2 Å². The number of amides is 1. The van der Waals surface area contributed by atoms with Crippen molar-refractivity contribution in [1.82, 2.24) is 10.1 Å². The molecule has 2 aromatic rings. The number of aromatic nitrogens is 2. The fourth-order valence-corrected chi connectivity index (χ4v) is 1.18. The van der Waals surface area contributed by atoms with E-state index >= 15 is 0 Å². The number of carbonyl (C=O) groups is 1. The molecular formula is C10H10N4O2. The Morgan fingerprint density at radius 3 is 2.81 bits per heavy atom. The summed E-state index contributed by atoms with van der Waals surface area (Å²) < 4.78 is 4.70. The molecule has 0 unspecified atom stereocenters. The molecular weight excluding hydrogens is 208 g/mol. The van der Waals surface area contributed by atoms with Gasteiger partial charge in [-0.1, -0.05) is 17.3 Å². The summed E-state index contributed by atoms with van der Waals surface area (Å²) in [6, 6.07) is 6.94. The molecule has 1 heterocycles. The fourth-order valence-electron chi connectivity index (χ4n) is 1.18. The van der Waals surface area contributed by atoms with Crippen LogP contribution in [0.3, 0.4) is 0 Å². The largest absolute Gasteiger partial charge is 0.397 e. The first-order chi connectivity index (χ1) is 7.66. The lowest BCUT2D eigenvalue weighted by molar-refractivity contribution is 0.101. The highest BCUT2D eigenvalue weighted by Gasteiger charge is 2.13. The predicted octanol–water partition coefficient (Wildman–Crippen LogP) is 1.21. The molecule has 0 radical (unpaired) electrons. The summed E-state index contributed by atoms with van der Waals surface area (Å²) in [7, 11) is 0. The van der Waals surface area contributed by atoms with Gasteiger partial charge < -0.3 is 15.6 Å². The van der Waals surface area contributed by atoms with Gasteiger partial charge in [0.15, 0.2) is 0 Å². The summed E-state index contributed by atoms with van der Waals surface area (Å²) >= 11 is 0. The predicted molar refractivity (Wildman–Crippen MR) is 57.8 cm³/mol. The van der Waals surface area contributed by atoms with Crippen molar-refractivity contribution in [2.75, 3.05) is 11.1 Å². The van der Waals surface area contributed by atoms with E-state index in [0.29, 0.717) is 17.3 Å². The first-order valence-corrected chi connectivity index (χ1v) is 4.63. The van der Waals surface area contributed by atoms with Crippen LogP contribution in [0, 0.1) is 6.92 Å². The number of nitrogen functional groups attached to an aromatic ring is 1. The third kappa shape index (κ3) is 2.00. The second-order valence-corrected chi connectivity index (χ2v) is 3.18. The second kappa shape index (κ2) is 4.01. The van der Waals surface area contributed by atoms with Gasteiger partial charge in [0.1, 0.15) is 0 Å². The summed E-state index contributed by atoms with van der Waals surface area (Å²) in [6.45, 7) is 1.61. The molecule has 3 N–H and O–H groups in total. The summed E-state index contributed by atoms with van der Waals surface area (Å²) in [5.74, 6) is -0.123. The second-order valence-electron chi connectivity index (χ2n) is 3.18. The molecule has 0 atom stereocenters. The van der Waals surface area contributed by atoms with E-state index in [9.17, 15) is 4.79 Å². The molecule has 0 saturated heterocycles. The Morgan fingerprint density at radius 2 is 2.19 bits per heavy atom. The molecule has 0 bridgehead atoms. The average Bonchev–Trinajstić information content (AvgIpc) is 2.68. The molecule has 6 heteroatoms. The van der Waals surface area contributed by atoms with Crippen molar-refractivity contribution < 1.29 is 9.32 Å². The standard InChI is InChI=1S/C10H10N4O2/c1-6-12-9(14-16-6)10(15)13-8-5-3-2-4-7(8)11/h2-5H,11H2,1H3,(H,13,15). The molecule has 0 spiro atoms. The van der Waals surface area contributed by atoms with Crippen molar-refractivity contribution >= 4 is 17.3 Å². The molecule has 6 nitrogen and oxygen atoms in total. The van der Waals surface area contributed by atoms with Gasteiger partial charge in [0, 0.05) is 6.92 Å². The molecule has 1 aromatic carbocycles. The minimum atomic E-state index is -0.449. The van der Waals surface area contributed by atoms with Crippen molar-refractivity contribution in [2.24, 2.45) is 0 Å². The van der Waals surface area contributed by atoms with Crippen LogP contribution in [-0.4, -0.2) is 16.0 Å². The first-order valence-electron chi connectivity index (χ1n) is 4.63. The van der Waals surface area contributed by atoms with Crippen molar-refractivity contribution in [3.05, 3.63) is 36.0 Å². The molecule has 1 amide bonds. The van der Waals surface area contributed by atoms with Gasteiger partial charge in [-0.15, -0.1) is 0 Å². The number of hydrogen-bond donors (Lipinski definition) is 2. The van der Waals surface area contributed by atoms with Crippen LogP contribution in [0.2, 0.25) is 0 Å². The van der Waals surface area contributed by atoms with Crippen molar-refractivity contribution in [3.8, 4) is 0 Å². The van der Waals surface area contributed by atoms with Crippen LogP contribution in [0.25, 0.3) is 0 Å². The SMILES string of the molecule is Cc1nc(C(=O)Nc2ccccc2N)no1. The summed E-state index contributed by atoms with van der Waals surface area (Å²) in [4.78, 5) is 15.4. The number of nitrogens with zero attached hydrogens (tertiary/aromatic N) is 2. The highest BCUT2D eigenvalue weighted by molar-refractivity contribution is 6.03. The van der Waals surface area contributed by atoms with Gasteiger partial charge >= 0.3 is 0 Å². The van der Waals surface area contributed by atoms with Crippen LogP contribution in [-0.2, 0) is 0 Å². The van der Waals surface area contributed by atoms with E-state index in [1.807, 2.05) is 0 Å². The monoisotopic (exact) mass is 218 g/mol. The zero-order valence-electron chi connectivity index (χ0n) is 8.60. The number of para-hydroxylation sites is 2. The average molecular weight is 218 g/mol. The lowest BCUT2D eigenvalue weighted by atomic mass is 10.2. The molecule has 0 aliphatic rings. The van der Waals surface area contributed by atoms with Crippen LogP contribution >= 0.6 is 0 Å². The number of anilines is 2. The first kappa shape index (κ1) is 10.2. The van der Waals surface area contributed by atoms with E-state index < -0.39 is 5.91 Å². The van der Waals surface area contributed by atoms with Crippen LogP contribution in [0.4, 0.5) is 11.4 Å². The fraction of sp³-hybridized carbons (Fsp3) is 0.100. The Bertz CT molecular complexity index is 521. The molecule has 0 fully saturated rings. The molecule has 0 aliphatic carbocycles. The minimum absolute atomic E-state index is 0.0132. The number of hydrogen-bond acceptors (Lipinski definition) is 5. The smallest absolute Gasteiger partial charge is 0.297 e. The molecule has 2 rings (SSSR count). The van der Waals surface area contributed by atoms with Gasteiger partial charge in [0.2, 0.25) is 5.89 Å². The quantitative estimate of drug-likeness (QED) is 0.739. The molecule has 1 aromatic heterocycles. The zero-order chi connectivity index (χ0) is 11.5. The number of rotatable bonds is 2. The Morgan fingerprint density at radius 1 is 1.44 bits per heavy atom. The van der Waals surface area contributed by atoms with Gasteiger partial charge in [-0.05, 0) is 12.1 Å². The maximum atomic E-state index is 11.6. The van der Waals surface area contributed by atoms with Gasteiger partial charge in [0.05, 0.1) is 11.4 Å². The lowest BCUT2D eigenvalue weighted by Gasteiger charge is -2.04. The third-order valence-corrected chi connectivity index (χ3v) is 1.94. The van der Waals surface area contributed by atoms with Crippen molar-refractivity contribution in [1.29, 1.82) is 0 Å². The Balaban J connectivity index is 2.17. The third-order valence-electron chi connectivity index (χ3n) is 1.94. The maximum Gasteiger partial charge on any atom is 0.297 e. The number of carbonyl (C=O) groups excluding carboxylic acids is 1. The molecule has 0 aliphatic heterocycles. The highest BCUT2D eigenvalue weighted by atomic mass is 16.5. The van der Waals surface area contributed by atoms with E-state index in [0.717, 1.165) is 0 Å². The van der Waals surface area contributed by atoms with Crippen molar-refractivity contribution in [2.45, 2.75) is 6.92 Å². The van der Waals surface area contributed by atoms with E-state index in [1.165, 1.54) is 0 Å². The summed E-state index contributed by atoms with van der Waals surface area (Å²) in [5.41, 5.74) is 6.68. The van der Waals surface area contributed by atoms with Gasteiger partial charge in [-0.25, -0.2) is 0 Å². The molecule has 16 heavy (non-hydrogen) atoms. The summed E-state index contributed by atoms with van der Waals surface area (Å²) in [6.07, 6.45) is 0. The van der Waals surface area contributed by atoms with E-state index in [2.05, 4.69) is 15.5 Å². The van der Waals surface area contributed by atoms with Crippen molar-refractivity contribution in [3.63, 3.8) is 0 Å². The van der Waals surface area contributed by atoms with Crippen LogP contribution < -0.4 is 11.1 Å². The van der Waals surface area contributed by atoms with E-state index in [-0.39, 0.29) is 5.82 Å². The Hall–Kier alpha value is -2.37. The van der Waals surface area contributed by atoms with Crippen LogP contribution in [0.15, 0.2) is 28.8 Å². The van der Waals surface area contributed by atoms with Crippen LogP contribution in [0.1, 0.15) is 16.5 Å². The van der Waals surface area contributed by atoms with Gasteiger partial charge in [0.25, 0.3) is 11.7 Å². The summed E-state index contributed by atoms with van der Waals surface area (Å²) in [5, 5.41) is 6.09. The van der Waals surface area contributed by atoms with Gasteiger partial charge in [-0.2, -0.15) is 4.98 Å². The molecule has 82 valence electrons. The van der Waals surface area contributed by atoms with Crippen LogP contribution in [0.5, 0.6) is 0 Å². The number of nitrogens with two attached hydrogens (primary N) is 1. The highest BCUT2D eigenvalue weighted by Crippen LogP contribution is 2.17.